The van der Waals surface area contributed by atoms with Crippen molar-refractivity contribution in [3.8, 4) is 0 Å². The van der Waals surface area contributed by atoms with Gasteiger partial charge in [0.05, 0.1) is 0 Å². The zero-order valence-electron chi connectivity index (χ0n) is 12.3. The van der Waals surface area contributed by atoms with Gasteiger partial charge in [-0.25, -0.2) is 0 Å². The molecule has 6 saturated heterocycles. The van der Waals surface area contributed by atoms with Crippen LogP contribution >= 0.6 is 0 Å². The first-order valence-corrected chi connectivity index (χ1v) is 8.17. The average molecular weight is 250 g/mol. The Bertz CT molecular complexity index is 234. The van der Waals surface area contributed by atoms with E-state index in [1.54, 1.807) is 0 Å². The number of fused-ring (bicyclic) bond motifs is 6. The Kier molecular flexibility index (Phi) is 3.95. The molecule has 0 saturated carbocycles. The lowest BCUT2D eigenvalue weighted by molar-refractivity contribution is 0.0603. The molecule has 2 heteroatoms. The van der Waals surface area contributed by atoms with Gasteiger partial charge in [0.2, 0.25) is 0 Å². The van der Waals surface area contributed by atoms with Crippen LogP contribution < -0.4 is 0 Å². The van der Waals surface area contributed by atoms with E-state index in [1.807, 2.05) is 0 Å². The smallest absolute Gasteiger partial charge is 0.000968 e. The van der Waals surface area contributed by atoms with E-state index in [0.29, 0.717) is 0 Å². The van der Waals surface area contributed by atoms with E-state index >= 15 is 0 Å². The van der Waals surface area contributed by atoms with Gasteiger partial charge in [-0.2, -0.15) is 0 Å². The van der Waals surface area contributed by atoms with Crippen LogP contribution in [0.15, 0.2) is 0 Å². The third-order valence-corrected chi connectivity index (χ3v) is 5.97. The fraction of sp³-hybridized carbons (Fsp3) is 1.00. The molecule has 4 bridgehead atoms. The van der Waals surface area contributed by atoms with Crippen LogP contribution in [-0.4, -0.2) is 49.1 Å². The highest BCUT2D eigenvalue weighted by Gasteiger charge is 2.31. The number of hydrogen-bond donors (Lipinski definition) is 0. The van der Waals surface area contributed by atoms with Crippen LogP contribution in [0.1, 0.15) is 39.5 Å². The van der Waals surface area contributed by atoms with Crippen molar-refractivity contribution < 1.29 is 0 Å². The van der Waals surface area contributed by atoms with E-state index in [0.717, 1.165) is 23.7 Å². The van der Waals surface area contributed by atoms with Crippen LogP contribution in [0, 0.1) is 23.7 Å². The molecule has 2 atom stereocenters. The summed E-state index contributed by atoms with van der Waals surface area (Å²) in [5.74, 6) is 4.14. The van der Waals surface area contributed by atoms with Gasteiger partial charge < -0.3 is 9.80 Å². The molecule has 6 fully saturated rings. The molecule has 2 unspecified atom stereocenters. The molecule has 0 aliphatic carbocycles. The Hall–Kier alpha value is -0.0800. The molecule has 104 valence electrons. The van der Waals surface area contributed by atoms with Gasteiger partial charge in [0, 0.05) is 13.1 Å². The third-order valence-electron chi connectivity index (χ3n) is 5.97. The number of nitrogens with zero attached hydrogens (tertiary/aromatic N) is 2. The summed E-state index contributed by atoms with van der Waals surface area (Å²) in [6, 6.07) is 0. The minimum atomic E-state index is 0.993. The molecule has 0 radical (unpaired) electrons. The van der Waals surface area contributed by atoms with Crippen LogP contribution in [0.5, 0.6) is 0 Å². The molecule has 0 aromatic carbocycles. The highest BCUT2D eigenvalue weighted by Crippen LogP contribution is 2.32. The van der Waals surface area contributed by atoms with E-state index in [-0.39, 0.29) is 0 Å². The fourth-order valence-electron chi connectivity index (χ4n) is 4.52. The van der Waals surface area contributed by atoms with E-state index in [2.05, 4.69) is 23.6 Å². The normalized spacial score (nSPS) is 49.7. The van der Waals surface area contributed by atoms with Crippen LogP contribution in [0.3, 0.4) is 0 Å². The van der Waals surface area contributed by atoms with Gasteiger partial charge >= 0.3 is 0 Å². The van der Waals surface area contributed by atoms with E-state index in [9.17, 15) is 0 Å². The molecular formula is C16H30N2. The zero-order valence-corrected chi connectivity index (χ0v) is 12.3. The lowest BCUT2D eigenvalue weighted by Crippen LogP contribution is -2.46. The second kappa shape index (κ2) is 5.50. The molecular weight excluding hydrogens is 220 g/mol. The molecule has 0 spiro atoms. The Labute approximate surface area is 113 Å². The maximum atomic E-state index is 2.60. The largest absolute Gasteiger partial charge is 0.303 e. The molecule has 6 aliphatic rings. The molecule has 0 N–H and O–H groups in total. The molecule has 0 amide bonds. The summed E-state index contributed by atoms with van der Waals surface area (Å²) in [4.78, 5) is 5.20. The lowest BCUT2D eigenvalue weighted by atomic mass is 9.80. The van der Waals surface area contributed by atoms with Gasteiger partial charge in [-0.05, 0) is 75.5 Å². The first-order valence-electron chi connectivity index (χ1n) is 8.17. The Morgan fingerprint density at radius 3 is 1.06 bits per heavy atom. The molecule has 0 aromatic heterocycles. The second-order valence-electron chi connectivity index (χ2n) is 7.23. The van der Waals surface area contributed by atoms with Crippen LogP contribution in [0.25, 0.3) is 0 Å². The molecule has 6 heterocycles. The number of rotatable bonds is 0. The molecule has 2 nitrogen and oxygen atoms in total. The number of hydrogen-bond acceptors (Lipinski definition) is 2. The first kappa shape index (κ1) is 12.9. The van der Waals surface area contributed by atoms with E-state index in [4.69, 9.17) is 0 Å². The summed E-state index contributed by atoms with van der Waals surface area (Å²) in [5, 5.41) is 0. The quantitative estimate of drug-likeness (QED) is 0.652. The Morgan fingerprint density at radius 1 is 0.611 bits per heavy atom. The third kappa shape index (κ3) is 2.75. The average Bonchev–Trinajstić information content (AvgIpc) is 2.41. The standard InChI is InChI=1S/2C8H15N/c2*1-7-6-9-4-2-8(7)3-5-9/h2*7-8H,2-6H2,1H3. The van der Waals surface area contributed by atoms with Crippen molar-refractivity contribution in [1.29, 1.82) is 0 Å². The summed E-state index contributed by atoms with van der Waals surface area (Å²) in [6.45, 7) is 13.1. The van der Waals surface area contributed by atoms with Crippen molar-refractivity contribution in [3.05, 3.63) is 0 Å². The van der Waals surface area contributed by atoms with E-state index < -0.39 is 0 Å². The van der Waals surface area contributed by atoms with Crippen molar-refractivity contribution in [3.63, 3.8) is 0 Å². The maximum absolute atomic E-state index is 2.60. The summed E-state index contributed by atoms with van der Waals surface area (Å²) in [6.07, 6.45) is 5.89. The summed E-state index contributed by atoms with van der Waals surface area (Å²) in [5.41, 5.74) is 0. The van der Waals surface area contributed by atoms with Gasteiger partial charge in [-0.3, -0.25) is 0 Å². The van der Waals surface area contributed by atoms with Crippen molar-refractivity contribution in [1.82, 2.24) is 9.80 Å². The minimum Gasteiger partial charge on any atom is -0.303 e. The molecule has 0 aromatic rings. The molecule has 6 rings (SSSR count). The van der Waals surface area contributed by atoms with E-state index in [1.165, 1.54) is 65.0 Å². The summed E-state index contributed by atoms with van der Waals surface area (Å²) < 4.78 is 0. The highest BCUT2D eigenvalue weighted by molar-refractivity contribution is 4.84. The molecule has 6 aliphatic heterocycles. The predicted octanol–water partition coefficient (Wildman–Crippen LogP) is 2.70. The highest BCUT2D eigenvalue weighted by atomic mass is 15.1. The number of piperidine rings is 6. The van der Waals surface area contributed by atoms with Crippen molar-refractivity contribution in [2.45, 2.75) is 39.5 Å². The minimum absolute atomic E-state index is 0.993. The first-order chi connectivity index (χ1) is 8.72. The van der Waals surface area contributed by atoms with Gasteiger partial charge in [-0.15, -0.1) is 0 Å². The van der Waals surface area contributed by atoms with Gasteiger partial charge in [0.1, 0.15) is 0 Å². The van der Waals surface area contributed by atoms with Gasteiger partial charge in [0.25, 0.3) is 0 Å². The lowest BCUT2D eigenvalue weighted by Gasteiger charge is -2.43. The topological polar surface area (TPSA) is 6.48 Å². The van der Waals surface area contributed by atoms with Crippen LogP contribution in [-0.2, 0) is 0 Å². The fourth-order valence-corrected chi connectivity index (χ4v) is 4.52. The zero-order chi connectivity index (χ0) is 12.5. The maximum Gasteiger partial charge on any atom is 0.000968 e. The van der Waals surface area contributed by atoms with Crippen molar-refractivity contribution in [2.24, 2.45) is 23.7 Å². The Balaban J connectivity index is 0.000000111. The Morgan fingerprint density at radius 2 is 0.944 bits per heavy atom. The van der Waals surface area contributed by atoms with Crippen LogP contribution in [0.4, 0.5) is 0 Å². The van der Waals surface area contributed by atoms with Crippen LogP contribution in [0.2, 0.25) is 0 Å². The SMILES string of the molecule is CC1CN2CCC1CC2.CC1CN2CCC1CC2. The monoisotopic (exact) mass is 250 g/mol. The predicted molar refractivity (Wildman–Crippen MR) is 76.7 cm³/mol. The summed E-state index contributed by atoms with van der Waals surface area (Å²) >= 11 is 0. The van der Waals surface area contributed by atoms with Gasteiger partial charge in [-0.1, -0.05) is 13.8 Å². The van der Waals surface area contributed by atoms with Crippen molar-refractivity contribution in [2.75, 3.05) is 39.3 Å². The molecule has 18 heavy (non-hydrogen) atoms. The van der Waals surface area contributed by atoms with Crippen molar-refractivity contribution >= 4 is 0 Å². The summed E-state index contributed by atoms with van der Waals surface area (Å²) in [7, 11) is 0. The van der Waals surface area contributed by atoms with Gasteiger partial charge in [0.15, 0.2) is 0 Å². The second-order valence-corrected chi connectivity index (χ2v) is 7.23.